The Morgan fingerprint density at radius 3 is 2.65 bits per heavy atom. The summed E-state index contributed by atoms with van der Waals surface area (Å²) in [4.78, 5) is 36.5. The standard InChI is InChI=1S/C25H26ClN3O4S/c1-16-22(23(30)31)28-21(34-16)15-29(12-4-6-17-5-3-7-18(26)13-17)24(32)25(10-11-25)20-9-8-19(33-2)14-27-20/h3,5,7-9,13-14H,4,6,10-12,15H2,1-2H3,(H,30,31). The Labute approximate surface area is 207 Å². The van der Waals surface area contributed by atoms with Crippen molar-refractivity contribution in [2.45, 2.75) is 44.6 Å². The number of carbonyl (C=O) groups is 2. The Balaban J connectivity index is 1.55. The van der Waals surface area contributed by atoms with Crippen LogP contribution in [0.25, 0.3) is 0 Å². The number of carbonyl (C=O) groups excluding carboxylic acids is 1. The Bertz CT molecular complexity index is 1190. The average molecular weight is 500 g/mol. The topological polar surface area (TPSA) is 92.6 Å². The number of methoxy groups -OCH3 is 1. The van der Waals surface area contributed by atoms with Gasteiger partial charge in [0.2, 0.25) is 5.91 Å². The Morgan fingerprint density at radius 1 is 1.26 bits per heavy atom. The fourth-order valence-corrected chi connectivity index (χ4v) is 5.24. The number of thiazole rings is 1. The van der Waals surface area contributed by atoms with Crippen LogP contribution in [0, 0.1) is 6.92 Å². The predicted octanol–water partition coefficient (Wildman–Crippen LogP) is 4.90. The second-order valence-corrected chi connectivity index (χ2v) is 10.2. The minimum Gasteiger partial charge on any atom is -0.495 e. The van der Waals surface area contributed by atoms with Crippen molar-refractivity contribution in [3.05, 3.63) is 74.5 Å². The summed E-state index contributed by atoms with van der Waals surface area (Å²) in [5, 5.41) is 10.7. The van der Waals surface area contributed by atoms with Gasteiger partial charge in [0.15, 0.2) is 5.69 Å². The third kappa shape index (κ3) is 5.23. The van der Waals surface area contributed by atoms with E-state index >= 15 is 0 Å². The van der Waals surface area contributed by atoms with Crippen LogP contribution in [0.3, 0.4) is 0 Å². The molecule has 0 atom stereocenters. The van der Waals surface area contributed by atoms with E-state index in [1.54, 1.807) is 25.1 Å². The summed E-state index contributed by atoms with van der Waals surface area (Å²) in [5.41, 5.74) is 1.24. The molecular formula is C25H26ClN3O4S. The van der Waals surface area contributed by atoms with Crippen LogP contribution in [0.4, 0.5) is 0 Å². The van der Waals surface area contributed by atoms with Gasteiger partial charge in [0.25, 0.3) is 0 Å². The molecular weight excluding hydrogens is 474 g/mol. The van der Waals surface area contributed by atoms with Crippen LogP contribution in [0.2, 0.25) is 5.02 Å². The van der Waals surface area contributed by atoms with Crippen molar-refractivity contribution in [3.63, 3.8) is 0 Å². The first-order valence-corrected chi connectivity index (χ1v) is 12.3. The predicted molar refractivity (Wildman–Crippen MR) is 131 cm³/mol. The molecule has 0 aliphatic heterocycles. The van der Waals surface area contributed by atoms with Gasteiger partial charge in [-0.3, -0.25) is 9.78 Å². The van der Waals surface area contributed by atoms with Gasteiger partial charge in [-0.15, -0.1) is 11.3 Å². The highest BCUT2D eigenvalue weighted by atomic mass is 35.5. The van der Waals surface area contributed by atoms with Crippen molar-refractivity contribution in [3.8, 4) is 5.75 Å². The number of hydrogen-bond acceptors (Lipinski definition) is 6. The quantitative estimate of drug-likeness (QED) is 0.426. The number of aromatic carboxylic acids is 1. The number of benzene rings is 1. The number of carboxylic acid groups (broad SMARTS) is 1. The van der Waals surface area contributed by atoms with Crippen LogP contribution >= 0.6 is 22.9 Å². The van der Waals surface area contributed by atoms with Crippen molar-refractivity contribution in [1.82, 2.24) is 14.9 Å². The lowest BCUT2D eigenvalue weighted by Crippen LogP contribution is -2.40. The molecule has 1 aromatic carbocycles. The molecule has 9 heteroatoms. The molecule has 0 unspecified atom stereocenters. The van der Waals surface area contributed by atoms with Gasteiger partial charge in [0.1, 0.15) is 10.8 Å². The van der Waals surface area contributed by atoms with E-state index < -0.39 is 11.4 Å². The second kappa shape index (κ2) is 10.1. The van der Waals surface area contributed by atoms with Crippen LogP contribution < -0.4 is 4.74 Å². The first-order chi connectivity index (χ1) is 16.3. The number of halogens is 1. The van der Waals surface area contributed by atoms with Gasteiger partial charge in [-0.05, 0) is 62.4 Å². The average Bonchev–Trinajstić information content (AvgIpc) is 3.55. The molecule has 34 heavy (non-hydrogen) atoms. The second-order valence-electron chi connectivity index (χ2n) is 8.44. The summed E-state index contributed by atoms with van der Waals surface area (Å²) < 4.78 is 5.20. The van der Waals surface area contributed by atoms with Crippen molar-refractivity contribution in [2.75, 3.05) is 13.7 Å². The van der Waals surface area contributed by atoms with E-state index in [1.807, 2.05) is 36.4 Å². The van der Waals surface area contributed by atoms with Crippen molar-refractivity contribution in [1.29, 1.82) is 0 Å². The number of rotatable bonds is 10. The smallest absolute Gasteiger partial charge is 0.355 e. The minimum absolute atomic E-state index is 0.000916. The molecule has 0 spiro atoms. The summed E-state index contributed by atoms with van der Waals surface area (Å²) in [5.74, 6) is -0.411. The van der Waals surface area contributed by atoms with E-state index in [1.165, 1.54) is 11.3 Å². The first kappa shape index (κ1) is 24.2. The molecule has 0 saturated heterocycles. The van der Waals surface area contributed by atoms with Crippen LogP contribution in [0.1, 0.15) is 50.9 Å². The van der Waals surface area contributed by atoms with Crippen LogP contribution in [-0.4, -0.2) is 45.5 Å². The van der Waals surface area contributed by atoms with E-state index in [0.717, 1.165) is 36.9 Å². The first-order valence-electron chi connectivity index (χ1n) is 11.1. The summed E-state index contributed by atoms with van der Waals surface area (Å²) in [6.07, 6.45) is 4.61. The number of ether oxygens (including phenoxy) is 1. The molecule has 1 aliphatic rings. The maximum atomic E-state index is 13.8. The van der Waals surface area contributed by atoms with Gasteiger partial charge >= 0.3 is 5.97 Å². The fraction of sp³-hybridized carbons (Fsp3) is 0.360. The third-order valence-electron chi connectivity index (χ3n) is 6.06. The third-order valence-corrected chi connectivity index (χ3v) is 7.25. The number of pyridine rings is 1. The van der Waals surface area contributed by atoms with E-state index in [2.05, 4.69) is 9.97 Å². The van der Waals surface area contributed by atoms with Gasteiger partial charge in [0.05, 0.1) is 31.0 Å². The molecule has 1 fully saturated rings. The fourth-order valence-electron chi connectivity index (χ4n) is 4.09. The molecule has 4 rings (SSSR count). The van der Waals surface area contributed by atoms with E-state index in [-0.39, 0.29) is 18.1 Å². The van der Waals surface area contributed by atoms with Gasteiger partial charge in [-0.25, -0.2) is 9.78 Å². The highest BCUT2D eigenvalue weighted by molar-refractivity contribution is 7.11. The number of aromatic nitrogens is 2. The van der Waals surface area contributed by atoms with Crippen LogP contribution in [0.15, 0.2) is 42.6 Å². The number of carboxylic acids is 1. The minimum atomic E-state index is -1.06. The van der Waals surface area contributed by atoms with Gasteiger partial charge in [-0.1, -0.05) is 23.7 Å². The molecule has 3 aromatic rings. The molecule has 1 amide bonds. The summed E-state index contributed by atoms with van der Waals surface area (Å²) in [6, 6.07) is 11.4. The number of aryl methyl sites for hydroxylation is 2. The van der Waals surface area contributed by atoms with E-state index in [9.17, 15) is 14.7 Å². The molecule has 2 aromatic heterocycles. The van der Waals surface area contributed by atoms with Crippen molar-refractivity contribution in [2.24, 2.45) is 0 Å². The lowest BCUT2D eigenvalue weighted by Gasteiger charge is -2.27. The van der Waals surface area contributed by atoms with E-state index in [0.29, 0.717) is 27.2 Å². The largest absolute Gasteiger partial charge is 0.495 e. The zero-order valence-corrected chi connectivity index (χ0v) is 20.7. The molecule has 0 bridgehead atoms. The summed E-state index contributed by atoms with van der Waals surface area (Å²) in [7, 11) is 1.58. The van der Waals surface area contributed by atoms with E-state index in [4.69, 9.17) is 16.3 Å². The molecule has 0 radical (unpaired) electrons. The van der Waals surface area contributed by atoms with Gasteiger partial charge in [-0.2, -0.15) is 0 Å². The van der Waals surface area contributed by atoms with Crippen LogP contribution in [-0.2, 0) is 23.2 Å². The SMILES string of the molecule is COc1ccc(C2(C(=O)N(CCCc3cccc(Cl)c3)Cc3nc(C(=O)O)c(C)s3)CC2)nc1. The highest BCUT2D eigenvalue weighted by Gasteiger charge is 2.54. The maximum absolute atomic E-state index is 13.8. The normalized spacial score (nSPS) is 14.0. The molecule has 1 N–H and O–H groups in total. The summed E-state index contributed by atoms with van der Waals surface area (Å²) in [6.45, 7) is 2.52. The number of amides is 1. The highest BCUT2D eigenvalue weighted by Crippen LogP contribution is 2.49. The number of hydrogen-bond donors (Lipinski definition) is 1. The van der Waals surface area contributed by atoms with Gasteiger partial charge in [0, 0.05) is 16.4 Å². The lowest BCUT2D eigenvalue weighted by atomic mass is 9.99. The Hall–Kier alpha value is -2.97. The summed E-state index contributed by atoms with van der Waals surface area (Å²) >= 11 is 7.43. The van der Waals surface area contributed by atoms with Crippen molar-refractivity contribution >= 4 is 34.8 Å². The molecule has 2 heterocycles. The molecule has 178 valence electrons. The Morgan fingerprint density at radius 2 is 2.06 bits per heavy atom. The molecule has 1 saturated carbocycles. The maximum Gasteiger partial charge on any atom is 0.355 e. The zero-order valence-electron chi connectivity index (χ0n) is 19.1. The van der Waals surface area contributed by atoms with Crippen molar-refractivity contribution < 1.29 is 19.4 Å². The number of nitrogens with zero attached hydrogens (tertiary/aromatic N) is 3. The lowest BCUT2D eigenvalue weighted by molar-refractivity contribution is -0.134. The van der Waals surface area contributed by atoms with Crippen LogP contribution in [0.5, 0.6) is 5.75 Å². The van der Waals surface area contributed by atoms with Gasteiger partial charge < -0.3 is 14.7 Å². The monoisotopic (exact) mass is 499 g/mol. The zero-order chi connectivity index (χ0) is 24.3. The molecule has 1 aliphatic carbocycles. The Kier molecular flexibility index (Phi) is 7.19. The molecule has 7 nitrogen and oxygen atoms in total.